The Morgan fingerprint density at radius 2 is 1.82 bits per heavy atom. The standard InChI is InChI=1S/C17H25N3O2/c1-17(2,3)22-16(21)20-10-7-13-14(5-4-6-15(13)20)19-11-8-18-9-12-19/h4-6,18H,7-12H2,1-3H3. The van der Waals surface area contributed by atoms with E-state index in [4.69, 9.17) is 4.74 Å². The highest BCUT2D eigenvalue weighted by Gasteiger charge is 2.31. The van der Waals surface area contributed by atoms with Crippen molar-refractivity contribution in [2.45, 2.75) is 32.8 Å². The van der Waals surface area contributed by atoms with Gasteiger partial charge in [0.15, 0.2) is 0 Å². The number of nitrogens with one attached hydrogen (secondary N) is 1. The molecule has 5 heteroatoms. The molecule has 3 rings (SSSR count). The average molecular weight is 303 g/mol. The second-order valence-electron chi connectivity index (χ2n) is 6.89. The zero-order chi connectivity index (χ0) is 15.7. The van der Waals surface area contributed by atoms with E-state index >= 15 is 0 Å². The van der Waals surface area contributed by atoms with Crippen molar-refractivity contribution in [2.24, 2.45) is 0 Å². The number of fused-ring (bicyclic) bond motifs is 1. The molecular weight excluding hydrogens is 278 g/mol. The van der Waals surface area contributed by atoms with Crippen LogP contribution < -0.4 is 15.1 Å². The van der Waals surface area contributed by atoms with E-state index in [1.54, 1.807) is 4.90 Å². The van der Waals surface area contributed by atoms with Crippen molar-refractivity contribution < 1.29 is 9.53 Å². The molecular formula is C17H25N3O2. The number of carbonyl (C=O) groups is 1. The monoisotopic (exact) mass is 303 g/mol. The highest BCUT2D eigenvalue weighted by atomic mass is 16.6. The summed E-state index contributed by atoms with van der Waals surface area (Å²) in [5, 5.41) is 3.38. The average Bonchev–Trinajstić information content (AvgIpc) is 2.90. The Morgan fingerprint density at radius 3 is 2.50 bits per heavy atom. The minimum Gasteiger partial charge on any atom is -0.443 e. The van der Waals surface area contributed by atoms with E-state index in [0.717, 1.165) is 38.3 Å². The predicted octanol–water partition coefficient (Wildman–Crippen LogP) is 2.39. The summed E-state index contributed by atoms with van der Waals surface area (Å²) in [5.74, 6) is 0. The molecule has 2 heterocycles. The minimum atomic E-state index is -0.462. The molecule has 5 nitrogen and oxygen atoms in total. The van der Waals surface area contributed by atoms with Crippen molar-refractivity contribution in [2.75, 3.05) is 42.5 Å². The van der Waals surface area contributed by atoms with Crippen molar-refractivity contribution in [1.82, 2.24) is 5.32 Å². The molecule has 0 aliphatic carbocycles. The van der Waals surface area contributed by atoms with Gasteiger partial charge in [-0.15, -0.1) is 0 Å². The first kappa shape index (κ1) is 15.2. The van der Waals surface area contributed by atoms with E-state index in [-0.39, 0.29) is 6.09 Å². The van der Waals surface area contributed by atoms with Crippen LogP contribution >= 0.6 is 0 Å². The van der Waals surface area contributed by atoms with Gasteiger partial charge in [0.2, 0.25) is 0 Å². The molecule has 0 atom stereocenters. The van der Waals surface area contributed by atoms with Crippen LogP contribution in [0.3, 0.4) is 0 Å². The first-order valence-corrected chi connectivity index (χ1v) is 8.04. The number of piperazine rings is 1. The van der Waals surface area contributed by atoms with Crippen LogP contribution in [0, 0.1) is 0 Å². The van der Waals surface area contributed by atoms with Crippen molar-refractivity contribution in [3.8, 4) is 0 Å². The van der Waals surface area contributed by atoms with Gasteiger partial charge in [-0.3, -0.25) is 4.90 Å². The number of hydrogen-bond donors (Lipinski definition) is 1. The second kappa shape index (κ2) is 5.80. The zero-order valence-electron chi connectivity index (χ0n) is 13.7. The van der Waals surface area contributed by atoms with Gasteiger partial charge in [0.05, 0.1) is 5.69 Å². The normalized spacial score (nSPS) is 18.3. The molecule has 2 aliphatic rings. The fourth-order valence-corrected chi connectivity index (χ4v) is 3.12. The SMILES string of the molecule is CC(C)(C)OC(=O)N1CCc2c(N3CCNCC3)cccc21. The zero-order valence-corrected chi connectivity index (χ0v) is 13.7. The lowest BCUT2D eigenvalue weighted by atomic mass is 10.1. The summed E-state index contributed by atoms with van der Waals surface area (Å²) in [6, 6.07) is 6.24. The topological polar surface area (TPSA) is 44.8 Å². The smallest absolute Gasteiger partial charge is 0.414 e. The lowest BCUT2D eigenvalue weighted by molar-refractivity contribution is 0.0584. The van der Waals surface area contributed by atoms with Gasteiger partial charge in [0, 0.05) is 44.0 Å². The molecule has 0 radical (unpaired) electrons. The van der Waals surface area contributed by atoms with E-state index in [0.29, 0.717) is 6.54 Å². The van der Waals surface area contributed by atoms with Gasteiger partial charge >= 0.3 is 6.09 Å². The molecule has 22 heavy (non-hydrogen) atoms. The number of hydrogen-bond acceptors (Lipinski definition) is 4. The molecule has 0 aromatic heterocycles. The number of ether oxygens (including phenoxy) is 1. The van der Waals surface area contributed by atoms with E-state index in [9.17, 15) is 4.79 Å². The minimum absolute atomic E-state index is 0.247. The molecule has 1 N–H and O–H groups in total. The maximum Gasteiger partial charge on any atom is 0.414 e. The third kappa shape index (κ3) is 3.04. The first-order chi connectivity index (χ1) is 10.5. The Morgan fingerprint density at radius 1 is 1.14 bits per heavy atom. The number of anilines is 2. The molecule has 0 bridgehead atoms. The van der Waals surface area contributed by atoms with Gasteiger partial charge in [0.1, 0.15) is 5.60 Å². The van der Waals surface area contributed by atoms with Gasteiger partial charge in [-0.05, 0) is 39.3 Å². The number of rotatable bonds is 1. The van der Waals surface area contributed by atoms with Crippen LogP contribution in [0.1, 0.15) is 26.3 Å². The number of amides is 1. The lowest BCUT2D eigenvalue weighted by Crippen LogP contribution is -2.43. The first-order valence-electron chi connectivity index (χ1n) is 8.04. The van der Waals surface area contributed by atoms with Crippen LogP contribution in [-0.4, -0.2) is 44.4 Å². The summed E-state index contributed by atoms with van der Waals surface area (Å²) in [4.78, 5) is 16.6. The molecule has 0 unspecified atom stereocenters. The van der Waals surface area contributed by atoms with Crippen LogP contribution in [0.15, 0.2) is 18.2 Å². The van der Waals surface area contributed by atoms with Crippen molar-refractivity contribution in [3.05, 3.63) is 23.8 Å². The van der Waals surface area contributed by atoms with Crippen LogP contribution in [0.5, 0.6) is 0 Å². The largest absolute Gasteiger partial charge is 0.443 e. The molecule has 1 fully saturated rings. The second-order valence-corrected chi connectivity index (χ2v) is 6.89. The number of benzene rings is 1. The molecule has 120 valence electrons. The highest BCUT2D eigenvalue weighted by Crippen LogP contribution is 2.36. The van der Waals surface area contributed by atoms with Gasteiger partial charge in [0.25, 0.3) is 0 Å². The third-order valence-electron chi connectivity index (χ3n) is 4.07. The Bertz CT molecular complexity index is 560. The van der Waals surface area contributed by atoms with Gasteiger partial charge in [-0.25, -0.2) is 4.79 Å². The molecule has 1 aromatic carbocycles. The third-order valence-corrected chi connectivity index (χ3v) is 4.07. The van der Waals surface area contributed by atoms with Crippen molar-refractivity contribution in [3.63, 3.8) is 0 Å². The number of carbonyl (C=O) groups excluding carboxylic acids is 1. The van der Waals surface area contributed by atoms with Crippen LogP contribution in [0.2, 0.25) is 0 Å². The molecule has 2 aliphatic heterocycles. The lowest BCUT2D eigenvalue weighted by Gasteiger charge is -2.31. The molecule has 0 saturated carbocycles. The Hall–Kier alpha value is -1.75. The molecule has 1 saturated heterocycles. The summed E-state index contributed by atoms with van der Waals surface area (Å²) in [5.41, 5.74) is 3.08. The summed E-state index contributed by atoms with van der Waals surface area (Å²) in [6.07, 6.45) is 0.651. The molecule has 0 spiro atoms. The Kier molecular flexibility index (Phi) is 4.00. The Labute approximate surface area is 132 Å². The van der Waals surface area contributed by atoms with E-state index in [1.807, 2.05) is 32.9 Å². The van der Waals surface area contributed by atoms with Crippen molar-refractivity contribution >= 4 is 17.5 Å². The van der Waals surface area contributed by atoms with E-state index in [2.05, 4.69) is 16.3 Å². The Balaban J connectivity index is 1.84. The predicted molar refractivity (Wildman–Crippen MR) is 88.8 cm³/mol. The fraction of sp³-hybridized carbons (Fsp3) is 0.588. The summed E-state index contributed by atoms with van der Waals surface area (Å²) >= 11 is 0. The summed E-state index contributed by atoms with van der Waals surface area (Å²) < 4.78 is 5.53. The highest BCUT2D eigenvalue weighted by molar-refractivity contribution is 5.92. The quantitative estimate of drug-likeness (QED) is 0.865. The van der Waals surface area contributed by atoms with Crippen LogP contribution in [0.4, 0.5) is 16.2 Å². The number of nitrogens with zero attached hydrogens (tertiary/aromatic N) is 2. The molecule has 1 amide bonds. The fourth-order valence-electron chi connectivity index (χ4n) is 3.12. The maximum absolute atomic E-state index is 12.4. The maximum atomic E-state index is 12.4. The summed E-state index contributed by atoms with van der Waals surface area (Å²) in [7, 11) is 0. The van der Waals surface area contributed by atoms with Crippen LogP contribution in [-0.2, 0) is 11.2 Å². The van der Waals surface area contributed by atoms with E-state index in [1.165, 1.54) is 11.3 Å². The van der Waals surface area contributed by atoms with Gasteiger partial charge in [-0.1, -0.05) is 6.07 Å². The van der Waals surface area contributed by atoms with Crippen LogP contribution in [0.25, 0.3) is 0 Å². The van der Waals surface area contributed by atoms with Gasteiger partial charge < -0.3 is 15.0 Å². The van der Waals surface area contributed by atoms with Gasteiger partial charge in [-0.2, -0.15) is 0 Å². The molecule has 1 aromatic rings. The van der Waals surface area contributed by atoms with E-state index < -0.39 is 5.60 Å². The van der Waals surface area contributed by atoms with Crippen molar-refractivity contribution in [1.29, 1.82) is 0 Å². The summed E-state index contributed by atoms with van der Waals surface area (Å²) in [6.45, 7) is 10.5.